The number of nitrogens with two attached hydrogens (primary N) is 1. The normalized spacial score (nSPS) is 22.6. The van der Waals surface area contributed by atoms with Gasteiger partial charge in [0.25, 0.3) is 0 Å². The highest BCUT2D eigenvalue weighted by atomic mass is 15.3. The topological polar surface area (TPSA) is 56.7 Å². The molecule has 0 unspecified atom stereocenters. The zero-order chi connectivity index (χ0) is 11.7. The van der Waals surface area contributed by atoms with Crippen LogP contribution in [0.5, 0.6) is 0 Å². The molecule has 94 valence electrons. The minimum Gasteiger partial charge on any atom is -0.330 e. The van der Waals surface area contributed by atoms with E-state index in [-0.39, 0.29) is 0 Å². The summed E-state index contributed by atoms with van der Waals surface area (Å²) >= 11 is 0. The Kier molecular flexibility index (Phi) is 2.90. The van der Waals surface area contributed by atoms with E-state index in [1.54, 1.807) is 0 Å². The van der Waals surface area contributed by atoms with Gasteiger partial charge >= 0.3 is 0 Å². The van der Waals surface area contributed by atoms with Gasteiger partial charge in [0.05, 0.1) is 0 Å². The number of rotatable bonds is 3. The molecule has 3 rings (SSSR count). The minimum atomic E-state index is 0.343. The van der Waals surface area contributed by atoms with Crippen LogP contribution in [-0.4, -0.2) is 21.3 Å². The number of hydrogen-bond acceptors (Lipinski definition) is 3. The Morgan fingerprint density at radius 2 is 2.00 bits per heavy atom. The first-order chi connectivity index (χ1) is 8.33. The van der Waals surface area contributed by atoms with Crippen LogP contribution in [0.2, 0.25) is 0 Å². The maximum Gasteiger partial charge on any atom is 0.133 e. The molecule has 4 heteroatoms. The monoisotopic (exact) mass is 234 g/mol. The summed E-state index contributed by atoms with van der Waals surface area (Å²) in [7, 11) is 0. The molecular weight excluding hydrogens is 212 g/mol. The molecular formula is C13H22N4. The van der Waals surface area contributed by atoms with Gasteiger partial charge in [-0.25, -0.2) is 0 Å². The summed E-state index contributed by atoms with van der Waals surface area (Å²) in [6.45, 7) is 1.91. The third kappa shape index (κ3) is 1.99. The lowest BCUT2D eigenvalue weighted by Crippen LogP contribution is -2.40. The molecule has 0 spiro atoms. The second-order valence-electron chi connectivity index (χ2n) is 5.73. The number of aromatic nitrogens is 3. The van der Waals surface area contributed by atoms with Crippen LogP contribution in [0, 0.1) is 5.41 Å². The zero-order valence-electron chi connectivity index (χ0n) is 10.5. The van der Waals surface area contributed by atoms with Gasteiger partial charge in [0.2, 0.25) is 0 Å². The van der Waals surface area contributed by atoms with Gasteiger partial charge in [-0.1, -0.05) is 12.8 Å². The van der Waals surface area contributed by atoms with E-state index in [0.717, 1.165) is 25.9 Å². The first kappa shape index (κ1) is 11.2. The second kappa shape index (κ2) is 4.41. The molecule has 1 fully saturated rings. The Bertz CT molecular complexity index is 387. The first-order valence-electron chi connectivity index (χ1n) is 6.94. The molecule has 0 radical (unpaired) electrons. The number of nitrogens with zero attached hydrogens (tertiary/aromatic N) is 3. The summed E-state index contributed by atoms with van der Waals surface area (Å²) in [5, 5.41) is 8.78. The van der Waals surface area contributed by atoms with E-state index in [4.69, 9.17) is 5.73 Å². The van der Waals surface area contributed by atoms with Crippen molar-refractivity contribution in [3.05, 3.63) is 11.6 Å². The van der Waals surface area contributed by atoms with Crippen LogP contribution in [0.25, 0.3) is 0 Å². The van der Waals surface area contributed by atoms with Gasteiger partial charge in [0.1, 0.15) is 11.6 Å². The maximum absolute atomic E-state index is 5.93. The van der Waals surface area contributed by atoms with E-state index in [1.807, 2.05) is 0 Å². The van der Waals surface area contributed by atoms with Crippen LogP contribution < -0.4 is 5.73 Å². The van der Waals surface area contributed by atoms with Crippen LogP contribution in [0.15, 0.2) is 0 Å². The van der Waals surface area contributed by atoms with Crippen LogP contribution in [0.4, 0.5) is 0 Å². The summed E-state index contributed by atoms with van der Waals surface area (Å²) in [6, 6.07) is 0. The molecule has 0 saturated heterocycles. The highest BCUT2D eigenvalue weighted by Crippen LogP contribution is 2.42. The Morgan fingerprint density at radius 1 is 1.12 bits per heavy atom. The fourth-order valence-electron chi connectivity index (χ4n) is 3.14. The van der Waals surface area contributed by atoms with Gasteiger partial charge in [-0.2, -0.15) is 0 Å². The molecule has 1 aliphatic carbocycles. The number of aryl methyl sites for hydroxylation is 1. The SMILES string of the molecule is NCC1(Cc2nnc3n2CCCCC3)CCC1. The standard InChI is InChI=1S/C13H22N4/c14-10-13(6-4-7-13)9-12-16-15-11-5-2-1-3-8-17(11)12/h1-10,14H2. The van der Waals surface area contributed by atoms with Crippen LogP contribution in [-0.2, 0) is 19.4 Å². The Balaban J connectivity index is 1.81. The van der Waals surface area contributed by atoms with Crippen molar-refractivity contribution in [2.24, 2.45) is 11.1 Å². The van der Waals surface area contributed by atoms with E-state index >= 15 is 0 Å². The van der Waals surface area contributed by atoms with Crippen molar-refractivity contribution in [2.75, 3.05) is 6.54 Å². The zero-order valence-corrected chi connectivity index (χ0v) is 10.5. The molecule has 2 aliphatic rings. The minimum absolute atomic E-state index is 0.343. The van der Waals surface area contributed by atoms with Gasteiger partial charge in [-0.05, 0) is 37.6 Å². The fraction of sp³-hybridized carbons (Fsp3) is 0.846. The van der Waals surface area contributed by atoms with Crippen molar-refractivity contribution in [2.45, 2.75) is 57.9 Å². The van der Waals surface area contributed by atoms with Gasteiger partial charge in [-0.3, -0.25) is 0 Å². The Hall–Kier alpha value is -0.900. The highest BCUT2D eigenvalue weighted by Gasteiger charge is 2.37. The molecule has 4 nitrogen and oxygen atoms in total. The summed E-state index contributed by atoms with van der Waals surface area (Å²) in [6.07, 6.45) is 9.87. The maximum atomic E-state index is 5.93. The molecule has 0 amide bonds. The molecule has 0 bridgehead atoms. The van der Waals surface area contributed by atoms with Crippen molar-refractivity contribution in [1.29, 1.82) is 0 Å². The smallest absolute Gasteiger partial charge is 0.133 e. The van der Waals surface area contributed by atoms with Gasteiger partial charge in [0.15, 0.2) is 0 Å². The Morgan fingerprint density at radius 3 is 2.71 bits per heavy atom. The third-order valence-electron chi connectivity index (χ3n) is 4.57. The predicted octanol–water partition coefficient (Wildman–Crippen LogP) is 1.68. The number of fused-ring (bicyclic) bond motifs is 1. The molecule has 17 heavy (non-hydrogen) atoms. The summed E-state index contributed by atoms with van der Waals surface area (Å²) in [5.41, 5.74) is 6.28. The third-order valence-corrected chi connectivity index (χ3v) is 4.57. The van der Waals surface area contributed by atoms with Crippen molar-refractivity contribution in [1.82, 2.24) is 14.8 Å². The average Bonchev–Trinajstić information content (AvgIpc) is 2.52. The summed E-state index contributed by atoms with van der Waals surface area (Å²) in [5.74, 6) is 2.39. The van der Waals surface area contributed by atoms with E-state index in [0.29, 0.717) is 5.41 Å². The largest absolute Gasteiger partial charge is 0.330 e. The molecule has 1 aromatic rings. The highest BCUT2D eigenvalue weighted by molar-refractivity contribution is 5.04. The van der Waals surface area contributed by atoms with Crippen molar-refractivity contribution >= 4 is 0 Å². The molecule has 1 aromatic heterocycles. The van der Waals surface area contributed by atoms with Crippen LogP contribution in [0.1, 0.15) is 50.2 Å². The van der Waals surface area contributed by atoms with E-state index in [2.05, 4.69) is 14.8 Å². The second-order valence-corrected chi connectivity index (χ2v) is 5.73. The summed E-state index contributed by atoms with van der Waals surface area (Å²) < 4.78 is 2.36. The first-order valence-corrected chi connectivity index (χ1v) is 6.94. The van der Waals surface area contributed by atoms with E-state index in [1.165, 1.54) is 50.2 Å². The van der Waals surface area contributed by atoms with Crippen molar-refractivity contribution in [3.63, 3.8) is 0 Å². The van der Waals surface area contributed by atoms with Crippen LogP contribution >= 0.6 is 0 Å². The summed E-state index contributed by atoms with van der Waals surface area (Å²) in [4.78, 5) is 0. The van der Waals surface area contributed by atoms with Gasteiger partial charge in [-0.15, -0.1) is 10.2 Å². The molecule has 1 aliphatic heterocycles. The lowest BCUT2D eigenvalue weighted by Gasteiger charge is -2.40. The molecule has 0 atom stereocenters. The van der Waals surface area contributed by atoms with Gasteiger partial charge in [0, 0.05) is 19.4 Å². The van der Waals surface area contributed by atoms with Crippen LogP contribution in [0.3, 0.4) is 0 Å². The van der Waals surface area contributed by atoms with Crippen molar-refractivity contribution in [3.8, 4) is 0 Å². The van der Waals surface area contributed by atoms with Gasteiger partial charge < -0.3 is 10.3 Å². The molecule has 0 aromatic carbocycles. The predicted molar refractivity (Wildman–Crippen MR) is 66.6 cm³/mol. The Labute approximate surface area is 103 Å². The van der Waals surface area contributed by atoms with Crippen molar-refractivity contribution < 1.29 is 0 Å². The quantitative estimate of drug-likeness (QED) is 0.865. The van der Waals surface area contributed by atoms with E-state index in [9.17, 15) is 0 Å². The molecule has 2 N–H and O–H groups in total. The lowest BCUT2D eigenvalue weighted by atomic mass is 9.66. The molecule has 2 heterocycles. The lowest BCUT2D eigenvalue weighted by molar-refractivity contribution is 0.139. The molecule has 1 saturated carbocycles. The fourth-order valence-corrected chi connectivity index (χ4v) is 3.14. The number of hydrogen-bond donors (Lipinski definition) is 1. The van der Waals surface area contributed by atoms with E-state index < -0.39 is 0 Å². The average molecular weight is 234 g/mol.